The van der Waals surface area contributed by atoms with Crippen LogP contribution in [-0.2, 0) is 0 Å². The molecule has 0 saturated heterocycles. The topological polar surface area (TPSA) is 59.2 Å². The third kappa shape index (κ3) is 3.63. The molecule has 0 fully saturated rings. The van der Waals surface area contributed by atoms with Crippen LogP contribution in [-0.4, -0.2) is 40.9 Å². The number of rotatable bonds is 5. The molecule has 1 atom stereocenters. The Labute approximate surface area is 107 Å². The highest BCUT2D eigenvalue weighted by Crippen LogP contribution is 2.13. The molecule has 1 aromatic rings. The second-order valence-electron chi connectivity index (χ2n) is 3.90. The lowest BCUT2D eigenvalue weighted by Crippen LogP contribution is -2.38. The largest absolute Gasteiger partial charge is 0.384 e. The highest BCUT2D eigenvalue weighted by atomic mass is 32.2. The number of anilines is 1. The molecule has 1 amide bonds. The average molecular weight is 253 g/mol. The molecule has 4 nitrogen and oxygen atoms in total. The Hall–Kier alpha value is -1.23. The zero-order chi connectivity index (χ0) is 12.8. The molecule has 0 radical (unpaired) electrons. The van der Waals surface area contributed by atoms with Crippen molar-refractivity contribution >= 4 is 23.5 Å². The van der Waals surface area contributed by atoms with Gasteiger partial charge in [-0.15, -0.1) is 0 Å². The molecule has 1 aromatic heterocycles. The molecule has 5 heteroatoms. The number of nitrogens with two attached hydrogens (primary N) is 1. The predicted octanol–water partition coefficient (Wildman–Crippen LogP) is 1.88. The van der Waals surface area contributed by atoms with Crippen molar-refractivity contribution in [3.05, 3.63) is 23.9 Å². The van der Waals surface area contributed by atoms with Gasteiger partial charge in [0.25, 0.3) is 5.91 Å². The van der Waals surface area contributed by atoms with Gasteiger partial charge in [0, 0.05) is 30.6 Å². The molecule has 1 heterocycles. The summed E-state index contributed by atoms with van der Waals surface area (Å²) in [6, 6.07) is 3.57. The smallest absolute Gasteiger partial charge is 0.254 e. The van der Waals surface area contributed by atoms with Crippen molar-refractivity contribution in [3.8, 4) is 0 Å². The van der Waals surface area contributed by atoms with Gasteiger partial charge in [0.2, 0.25) is 0 Å². The molecule has 0 aliphatic carbocycles. The number of aromatic nitrogens is 1. The third-order valence-electron chi connectivity index (χ3n) is 2.73. The molecule has 0 saturated carbocycles. The molecule has 1 rings (SSSR count). The van der Waals surface area contributed by atoms with E-state index in [0.29, 0.717) is 11.4 Å². The van der Waals surface area contributed by atoms with Gasteiger partial charge >= 0.3 is 0 Å². The average Bonchev–Trinajstić information content (AvgIpc) is 2.34. The monoisotopic (exact) mass is 253 g/mol. The van der Waals surface area contributed by atoms with Gasteiger partial charge < -0.3 is 10.6 Å². The Morgan fingerprint density at radius 1 is 1.65 bits per heavy atom. The van der Waals surface area contributed by atoms with Gasteiger partial charge in [-0.3, -0.25) is 4.79 Å². The summed E-state index contributed by atoms with van der Waals surface area (Å²) in [7, 11) is 1.84. The standard InChI is InChI=1S/C12H19N3OS/c1-4-10(8-17-3)15(2)12(16)9-5-6-14-11(13)7-9/h5-7,10H,4,8H2,1-3H3,(H2,13,14). The predicted molar refractivity (Wildman–Crippen MR) is 73.2 cm³/mol. The van der Waals surface area contributed by atoms with Gasteiger partial charge in [-0.1, -0.05) is 6.92 Å². The van der Waals surface area contributed by atoms with Crippen LogP contribution < -0.4 is 5.73 Å². The highest BCUT2D eigenvalue weighted by Gasteiger charge is 2.19. The lowest BCUT2D eigenvalue weighted by atomic mass is 10.2. The van der Waals surface area contributed by atoms with Gasteiger partial charge in [-0.2, -0.15) is 11.8 Å². The Morgan fingerprint density at radius 2 is 2.35 bits per heavy atom. The van der Waals surface area contributed by atoms with Crippen molar-refractivity contribution in [1.29, 1.82) is 0 Å². The van der Waals surface area contributed by atoms with Crippen molar-refractivity contribution < 1.29 is 4.79 Å². The lowest BCUT2D eigenvalue weighted by Gasteiger charge is -2.26. The van der Waals surface area contributed by atoms with E-state index in [9.17, 15) is 4.79 Å². The summed E-state index contributed by atoms with van der Waals surface area (Å²) in [5, 5.41) is 0. The second kappa shape index (κ2) is 6.49. The lowest BCUT2D eigenvalue weighted by molar-refractivity contribution is 0.0743. The van der Waals surface area contributed by atoms with E-state index in [-0.39, 0.29) is 11.9 Å². The first-order valence-electron chi connectivity index (χ1n) is 5.57. The minimum absolute atomic E-state index is 0.000000000000000666. The number of nitrogen functional groups attached to an aromatic ring is 1. The zero-order valence-electron chi connectivity index (χ0n) is 10.5. The summed E-state index contributed by atoms with van der Waals surface area (Å²) >= 11 is 1.75. The Kier molecular flexibility index (Phi) is 5.28. The van der Waals surface area contributed by atoms with Gasteiger partial charge in [0.1, 0.15) is 5.82 Å². The molecular formula is C12H19N3OS. The van der Waals surface area contributed by atoms with Crippen LogP contribution in [0.3, 0.4) is 0 Å². The van der Waals surface area contributed by atoms with Gasteiger partial charge in [0.15, 0.2) is 0 Å². The Morgan fingerprint density at radius 3 is 2.88 bits per heavy atom. The number of carbonyl (C=O) groups excluding carboxylic acids is 1. The van der Waals surface area contributed by atoms with Crippen molar-refractivity contribution in [1.82, 2.24) is 9.88 Å². The fourth-order valence-corrected chi connectivity index (χ4v) is 2.49. The van der Waals surface area contributed by atoms with Crippen LogP contribution in [0.25, 0.3) is 0 Å². The summed E-state index contributed by atoms with van der Waals surface area (Å²) in [6.45, 7) is 2.09. The third-order valence-corrected chi connectivity index (χ3v) is 3.44. The van der Waals surface area contributed by atoms with Gasteiger partial charge in [-0.05, 0) is 24.8 Å². The van der Waals surface area contributed by atoms with Crippen molar-refractivity contribution in [3.63, 3.8) is 0 Å². The van der Waals surface area contributed by atoms with Crippen LogP contribution in [0.15, 0.2) is 18.3 Å². The number of amides is 1. The van der Waals surface area contributed by atoms with Crippen molar-refractivity contribution in [2.75, 3.05) is 24.8 Å². The fraction of sp³-hybridized carbons (Fsp3) is 0.500. The first-order valence-corrected chi connectivity index (χ1v) is 6.97. The molecule has 1 unspecified atom stereocenters. The Bertz CT molecular complexity index is 384. The normalized spacial score (nSPS) is 12.2. The van der Waals surface area contributed by atoms with E-state index >= 15 is 0 Å². The first-order chi connectivity index (χ1) is 8.10. The maximum Gasteiger partial charge on any atom is 0.254 e. The summed E-state index contributed by atoms with van der Waals surface area (Å²) in [5.74, 6) is 1.32. The SMILES string of the molecule is CCC(CSC)N(C)C(=O)c1ccnc(N)c1. The van der Waals surface area contributed by atoms with Gasteiger partial charge in [0.05, 0.1) is 0 Å². The van der Waals surface area contributed by atoms with Crippen molar-refractivity contribution in [2.45, 2.75) is 19.4 Å². The van der Waals surface area contributed by atoms with Crippen LogP contribution in [0.5, 0.6) is 0 Å². The van der Waals surface area contributed by atoms with E-state index in [2.05, 4.69) is 11.9 Å². The number of carbonyl (C=O) groups is 1. The number of pyridine rings is 1. The molecule has 0 aromatic carbocycles. The first kappa shape index (κ1) is 13.8. The van der Waals surface area contributed by atoms with E-state index in [1.807, 2.05) is 13.3 Å². The number of thioether (sulfide) groups is 1. The molecule has 2 N–H and O–H groups in total. The van der Waals surface area contributed by atoms with E-state index in [1.165, 1.54) is 0 Å². The maximum absolute atomic E-state index is 12.2. The highest BCUT2D eigenvalue weighted by molar-refractivity contribution is 7.98. The Balaban J connectivity index is 2.81. The molecule has 94 valence electrons. The molecule has 17 heavy (non-hydrogen) atoms. The zero-order valence-corrected chi connectivity index (χ0v) is 11.3. The van der Waals surface area contributed by atoms with Gasteiger partial charge in [-0.25, -0.2) is 4.98 Å². The van der Waals surface area contributed by atoms with E-state index < -0.39 is 0 Å². The maximum atomic E-state index is 12.2. The van der Waals surface area contributed by atoms with Crippen LogP contribution in [0.2, 0.25) is 0 Å². The minimum atomic E-state index is 0.000000000000000666. The molecule has 0 aliphatic heterocycles. The summed E-state index contributed by atoms with van der Waals surface area (Å²) < 4.78 is 0. The van der Waals surface area contributed by atoms with Crippen LogP contribution in [0.4, 0.5) is 5.82 Å². The van der Waals surface area contributed by atoms with E-state index in [4.69, 9.17) is 5.73 Å². The van der Waals surface area contributed by atoms with Crippen LogP contribution >= 0.6 is 11.8 Å². The van der Waals surface area contributed by atoms with E-state index in [1.54, 1.807) is 35.0 Å². The summed E-state index contributed by atoms with van der Waals surface area (Å²) in [4.78, 5) is 17.9. The molecule has 0 aliphatic rings. The minimum Gasteiger partial charge on any atom is -0.384 e. The summed E-state index contributed by atoms with van der Waals surface area (Å²) in [6.07, 6.45) is 4.56. The summed E-state index contributed by atoms with van der Waals surface area (Å²) in [5.41, 5.74) is 6.17. The second-order valence-corrected chi connectivity index (χ2v) is 4.81. The number of nitrogens with zero attached hydrogens (tertiary/aromatic N) is 2. The number of hydrogen-bond acceptors (Lipinski definition) is 4. The molecule has 0 spiro atoms. The number of hydrogen-bond donors (Lipinski definition) is 1. The van der Waals surface area contributed by atoms with Crippen molar-refractivity contribution in [2.24, 2.45) is 0 Å². The van der Waals surface area contributed by atoms with E-state index in [0.717, 1.165) is 12.2 Å². The fourth-order valence-electron chi connectivity index (χ4n) is 1.65. The quantitative estimate of drug-likeness (QED) is 0.870. The molecule has 0 bridgehead atoms. The molecular weight excluding hydrogens is 234 g/mol. The van der Waals surface area contributed by atoms with Crippen LogP contribution in [0, 0.1) is 0 Å². The van der Waals surface area contributed by atoms with Crippen LogP contribution in [0.1, 0.15) is 23.7 Å².